The van der Waals surface area contributed by atoms with Crippen molar-refractivity contribution in [1.82, 2.24) is 5.32 Å². The minimum atomic E-state index is -0.939. The van der Waals surface area contributed by atoms with Crippen LogP contribution < -0.4 is 22.2 Å². The molecule has 0 bridgehead atoms. The first kappa shape index (κ1) is 13.0. The number of carbonyl (C=O) groups is 1. The normalized spacial score (nSPS) is 19.5. The molecular weight excluding hydrogens is 233 g/mol. The molecule has 96 valence electrons. The topological polar surface area (TPSA) is 111 Å². The number of benzene rings is 1. The summed E-state index contributed by atoms with van der Waals surface area (Å²) < 4.78 is 5.36. The molecule has 1 aliphatic heterocycles. The fraction of sp³-hybridized carbons (Fsp3) is 0.364. The Morgan fingerprint density at radius 2 is 2.28 bits per heavy atom. The summed E-state index contributed by atoms with van der Waals surface area (Å²) in [5.74, 6) is -0.319. The van der Waals surface area contributed by atoms with E-state index in [1.165, 1.54) is 0 Å². The highest BCUT2D eigenvalue weighted by Gasteiger charge is 2.34. The van der Waals surface area contributed by atoms with Gasteiger partial charge in [-0.15, -0.1) is 0 Å². The molecule has 2 atom stereocenters. The number of hydrogen-bond donors (Lipinski definition) is 4. The van der Waals surface area contributed by atoms with Crippen LogP contribution in [0.3, 0.4) is 0 Å². The Morgan fingerprint density at radius 1 is 1.56 bits per heavy atom. The first-order chi connectivity index (χ1) is 8.63. The monoisotopic (exact) mass is 249 g/mol. The predicted molar refractivity (Wildman–Crippen MR) is 67.9 cm³/mol. The highest BCUT2D eigenvalue weighted by atomic mass is 16.5. The zero-order valence-corrected chi connectivity index (χ0v) is 9.87. The van der Waals surface area contributed by atoms with Crippen molar-refractivity contribution in [2.24, 2.45) is 11.5 Å². The van der Waals surface area contributed by atoms with E-state index in [9.17, 15) is 9.82 Å². The van der Waals surface area contributed by atoms with E-state index in [-0.39, 0.29) is 25.1 Å². The first-order valence-electron chi connectivity index (χ1n) is 5.79. The second-order valence-electron chi connectivity index (χ2n) is 4.19. The highest BCUT2D eigenvalue weighted by molar-refractivity contribution is 6.61. The van der Waals surface area contributed by atoms with Gasteiger partial charge >= 0.3 is 7.12 Å². The van der Waals surface area contributed by atoms with Crippen molar-refractivity contribution >= 4 is 18.5 Å². The van der Waals surface area contributed by atoms with Gasteiger partial charge in [0.25, 0.3) is 0 Å². The average Bonchev–Trinajstić information content (AvgIpc) is 2.72. The number of hydrogen-bond acceptors (Lipinski definition) is 5. The van der Waals surface area contributed by atoms with Gasteiger partial charge in [-0.1, -0.05) is 24.3 Å². The van der Waals surface area contributed by atoms with Gasteiger partial charge in [-0.2, -0.15) is 0 Å². The van der Waals surface area contributed by atoms with Gasteiger partial charge in [0.05, 0.1) is 12.1 Å². The SMILES string of the molecule is NCC(N)C(=O)NCC1OB(O)c2ccccc21. The van der Waals surface area contributed by atoms with Gasteiger partial charge in [-0.05, 0) is 11.0 Å². The summed E-state index contributed by atoms with van der Waals surface area (Å²) in [6.07, 6.45) is -0.356. The second kappa shape index (κ2) is 5.49. The van der Waals surface area contributed by atoms with Crippen molar-refractivity contribution in [3.05, 3.63) is 29.8 Å². The summed E-state index contributed by atoms with van der Waals surface area (Å²) >= 11 is 0. The van der Waals surface area contributed by atoms with Crippen molar-refractivity contribution in [2.45, 2.75) is 12.1 Å². The van der Waals surface area contributed by atoms with Crippen LogP contribution in [0.5, 0.6) is 0 Å². The van der Waals surface area contributed by atoms with Crippen LogP contribution in [0.1, 0.15) is 11.7 Å². The van der Waals surface area contributed by atoms with E-state index in [0.29, 0.717) is 0 Å². The van der Waals surface area contributed by atoms with E-state index in [1.807, 2.05) is 18.2 Å². The Balaban J connectivity index is 1.98. The molecule has 18 heavy (non-hydrogen) atoms. The molecule has 2 unspecified atom stereocenters. The van der Waals surface area contributed by atoms with Crippen molar-refractivity contribution in [2.75, 3.05) is 13.1 Å². The third-order valence-electron chi connectivity index (χ3n) is 2.95. The Hall–Kier alpha value is -1.41. The van der Waals surface area contributed by atoms with E-state index in [1.54, 1.807) is 6.07 Å². The molecule has 1 amide bonds. The van der Waals surface area contributed by atoms with E-state index < -0.39 is 13.2 Å². The third-order valence-corrected chi connectivity index (χ3v) is 2.95. The van der Waals surface area contributed by atoms with Crippen molar-refractivity contribution in [3.63, 3.8) is 0 Å². The van der Waals surface area contributed by atoms with E-state index in [2.05, 4.69) is 5.32 Å². The lowest BCUT2D eigenvalue weighted by Crippen LogP contribution is -2.46. The maximum absolute atomic E-state index is 11.5. The number of rotatable bonds is 4. The molecule has 0 radical (unpaired) electrons. The van der Waals surface area contributed by atoms with Gasteiger partial charge in [-0.3, -0.25) is 4.79 Å². The molecule has 1 aromatic carbocycles. The molecule has 0 aromatic heterocycles. The van der Waals surface area contributed by atoms with Gasteiger partial charge in [0, 0.05) is 13.1 Å². The van der Waals surface area contributed by atoms with Crippen molar-refractivity contribution < 1.29 is 14.5 Å². The number of amides is 1. The zero-order valence-electron chi connectivity index (χ0n) is 9.87. The predicted octanol–water partition coefficient (Wildman–Crippen LogP) is -2.15. The standard InChI is InChI=1S/C11H16BN3O3/c13-5-9(14)11(16)15-6-10-7-3-1-2-4-8(7)12(17)18-10/h1-4,9-10,17H,5-6,13-14H2,(H,15,16). The molecule has 1 heterocycles. The fourth-order valence-corrected chi connectivity index (χ4v) is 1.92. The van der Waals surface area contributed by atoms with Crippen LogP contribution in [-0.2, 0) is 9.45 Å². The third kappa shape index (κ3) is 2.54. The molecule has 0 spiro atoms. The van der Waals surface area contributed by atoms with Gasteiger partial charge in [0.15, 0.2) is 0 Å². The van der Waals surface area contributed by atoms with Crippen LogP contribution in [0.4, 0.5) is 0 Å². The Bertz CT molecular complexity index is 443. The highest BCUT2D eigenvalue weighted by Crippen LogP contribution is 2.22. The van der Waals surface area contributed by atoms with Crippen LogP contribution in [0.15, 0.2) is 24.3 Å². The molecular formula is C11H16BN3O3. The van der Waals surface area contributed by atoms with E-state index in [4.69, 9.17) is 16.1 Å². The molecule has 1 aliphatic rings. The largest absolute Gasteiger partial charge is 0.492 e. The molecule has 6 N–H and O–H groups in total. The summed E-state index contributed by atoms with van der Waals surface area (Å²) in [4.78, 5) is 11.5. The quantitative estimate of drug-likeness (QED) is 0.454. The minimum absolute atomic E-state index is 0.0938. The lowest BCUT2D eigenvalue weighted by atomic mass is 9.79. The van der Waals surface area contributed by atoms with Crippen LogP contribution in [0.25, 0.3) is 0 Å². The smallest absolute Gasteiger partial charge is 0.423 e. The molecule has 0 saturated carbocycles. The summed E-state index contributed by atoms with van der Waals surface area (Å²) in [6, 6.07) is 6.64. The molecule has 7 heteroatoms. The lowest BCUT2D eigenvalue weighted by Gasteiger charge is -2.15. The molecule has 2 rings (SSSR count). The van der Waals surface area contributed by atoms with Crippen LogP contribution in [0.2, 0.25) is 0 Å². The number of nitrogens with two attached hydrogens (primary N) is 2. The molecule has 6 nitrogen and oxygen atoms in total. The number of fused-ring (bicyclic) bond motifs is 1. The molecule has 1 aromatic rings. The van der Waals surface area contributed by atoms with Crippen LogP contribution in [-0.4, -0.2) is 37.2 Å². The maximum atomic E-state index is 11.5. The second-order valence-corrected chi connectivity index (χ2v) is 4.19. The average molecular weight is 249 g/mol. The summed E-state index contributed by atoms with van der Waals surface area (Å²) in [7, 11) is -0.939. The zero-order chi connectivity index (χ0) is 13.1. The number of carbonyl (C=O) groups excluding carboxylic acids is 1. The molecule has 0 fully saturated rings. The Morgan fingerprint density at radius 3 is 3.00 bits per heavy atom. The summed E-state index contributed by atoms with van der Waals surface area (Å²) in [5.41, 5.74) is 12.4. The van der Waals surface area contributed by atoms with Crippen molar-refractivity contribution in [1.29, 1.82) is 0 Å². The fourth-order valence-electron chi connectivity index (χ4n) is 1.92. The first-order valence-corrected chi connectivity index (χ1v) is 5.79. The Labute approximate surface area is 105 Å². The number of nitrogens with one attached hydrogen (secondary N) is 1. The minimum Gasteiger partial charge on any atom is -0.423 e. The summed E-state index contributed by atoms with van der Waals surface area (Å²) in [5, 5.41) is 12.3. The Kier molecular flexibility index (Phi) is 3.98. The summed E-state index contributed by atoms with van der Waals surface area (Å²) in [6.45, 7) is 0.358. The maximum Gasteiger partial charge on any atom is 0.492 e. The molecule has 0 aliphatic carbocycles. The van der Waals surface area contributed by atoms with Gasteiger partial charge in [0.2, 0.25) is 5.91 Å². The van der Waals surface area contributed by atoms with E-state index >= 15 is 0 Å². The van der Waals surface area contributed by atoms with Gasteiger partial charge in [0.1, 0.15) is 0 Å². The molecule has 0 saturated heterocycles. The van der Waals surface area contributed by atoms with Gasteiger partial charge in [-0.25, -0.2) is 0 Å². The van der Waals surface area contributed by atoms with Crippen molar-refractivity contribution in [3.8, 4) is 0 Å². The van der Waals surface area contributed by atoms with E-state index in [0.717, 1.165) is 11.0 Å². The van der Waals surface area contributed by atoms with Crippen LogP contribution in [0, 0.1) is 0 Å². The lowest BCUT2D eigenvalue weighted by molar-refractivity contribution is -0.122. The van der Waals surface area contributed by atoms with Gasteiger partial charge < -0.3 is 26.5 Å². The van der Waals surface area contributed by atoms with Crippen LogP contribution >= 0.6 is 0 Å².